The summed E-state index contributed by atoms with van der Waals surface area (Å²) < 4.78 is 5.18. The molecule has 94 valence electrons. The number of rotatable bonds is 3. The lowest BCUT2D eigenvalue weighted by atomic mass is 10.3. The molecule has 0 aliphatic carbocycles. The van der Waals surface area contributed by atoms with Crippen molar-refractivity contribution in [1.29, 1.82) is 0 Å². The van der Waals surface area contributed by atoms with Crippen LogP contribution in [-0.2, 0) is 14.3 Å². The molecular weight excluding hydrogens is 242 g/mol. The number of aliphatic imine (C=N–C) groups is 1. The van der Waals surface area contributed by atoms with Crippen molar-refractivity contribution in [1.82, 2.24) is 10.2 Å². The third-order valence-corrected chi connectivity index (χ3v) is 3.44. The smallest absolute Gasteiger partial charge is 0.236 e. The van der Waals surface area contributed by atoms with E-state index in [-0.39, 0.29) is 11.8 Å². The van der Waals surface area contributed by atoms with E-state index >= 15 is 0 Å². The first-order chi connectivity index (χ1) is 8.25. The fraction of sp³-hybridized carbons (Fsp3) is 0.700. The number of amides is 2. The molecule has 2 fully saturated rings. The number of carbonyl (C=O) groups is 2. The first-order valence-corrected chi connectivity index (χ1v) is 6.57. The first-order valence-electron chi connectivity index (χ1n) is 5.58. The largest absolute Gasteiger partial charge is 0.378 e. The van der Waals surface area contributed by atoms with Crippen LogP contribution in [0.5, 0.6) is 0 Å². The minimum atomic E-state index is -0.0201. The summed E-state index contributed by atoms with van der Waals surface area (Å²) in [7, 11) is 0. The maximum absolute atomic E-state index is 11.7. The molecule has 2 saturated heterocycles. The lowest BCUT2D eigenvalue weighted by molar-refractivity contribution is -0.135. The Hall–Kier alpha value is -1.08. The Morgan fingerprint density at radius 2 is 2.24 bits per heavy atom. The van der Waals surface area contributed by atoms with Crippen LogP contribution in [0.25, 0.3) is 0 Å². The van der Waals surface area contributed by atoms with Gasteiger partial charge in [-0.1, -0.05) is 11.8 Å². The Morgan fingerprint density at radius 1 is 1.47 bits per heavy atom. The highest BCUT2D eigenvalue weighted by atomic mass is 32.2. The van der Waals surface area contributed by atoms with E-state index in [2.05, 4.69) is 10.3 Å². The summed E-state index contributed by atoms with van der Waals surface area (Å²) in [5.74, 6) is 0.510. The zero-order chi connectivity index (χ0) is 12.1. The Kier molecular flexibility index (Phi) is 4.38. The summed E-state index contributed by atoms with van der Waals surface area (Å²) in [6.45, 7) is 3.00. The average Bonchev–Trinajstić information content (AvgIpc) is 2.76. The van der Waals surface area contributed by atoms with Gasteiger partial charge in [0.2, 0.25) is 11.8 Å². The third-order valence-electron chi connectivity index (χ3n) is 2.53. The highest BCUT2D eigenvalue weighted by Gasteiger charge is 2.18. The van der Waals surface area contributed by atoms with Crippen LogP contribution < -0.4 is 5.32 Å². The van der Waals surface area contributed by atoms with Crippen LogP contribution in [0.4, 0.5) is 0 Å². The number of hydrogen-bond donors (Lipinski definition) is 1. The minimum absolute atomic E-state index is 0.0201. The van der Waals surface area contributed by atoms with Gasteiger partial charge in [-0.2, -0.15) is 0 Å². The van der Waals surface area contributed by atoms with Crippen molar-refractivity contribution in [2.45, 2.75) is 6.42 Å². The summed E-state index contributed by atoms with van der Waals surface area (Å²) in [5.41, 5.74) is 0. The predicted octanol–water partition coefficient (Wildman–Crippen LogP) is -0.546. The predicted molar refractivity (Wildman–Crippen MR) is 64.9 cm³/mol. The Labute approximate surface area is 104 Å². The second-order valence-electron chi connectivity index (χ2n) is 3.77. The second kappa shape index (κ2) is 6.02. The summed E-state index contributed by atoms with van der Waals surface area (Å²) >= 11 is 1.38. The van der Waals surface area contributed by atoms with Gasteiger partial charge in [0.05, 0.1) is 25.5 Å². The number of morpholine rings is 1. The summed E-state index contributed by atoms with van der Waals surface area (Å²) in [6, 6.07) is 0. The van der Waals surface area contributed by atoms with Crippen molar-refractivity contribution in [3.63, 3.8) is 0 Å². The molecule has 2 amide bonds. The van der Waals surface area contributed by atoms with Gasteiger partial charge in [-0.25, -0.2) is 0 Å². The summed E-state index contributed by atoms with van der Waals surface area (Å²) in [4.78, 5) is 28.6. The fourth-order valence-corrected chi connectivity index (χ4v) is 2.34. The molecule has 0 radical (unpaired) electrons. The standard InChI is InChI=1S/C10H15N3O3S/c14-8-7-17-10(12-8)11-2-1-9(15)13-3-5-16-6-4-13/h1-7H2,(H,11,12,14). The SMILES string of the molecule is O=C1CSC(=NCCC(=O)N2CCOCC2)N1. The molecule has 0 aromatic heterocycles. The maximum atomic E-state index is 11.7. The number of amidine groups is 1. The molecule has 6 nitrogen and oxygen atoms in total. The Morgan fingerprint density at radius 3 is 2.88 bits per heavy atom. The highest BCUT2D eigenvalue weighted by molar-refractivity contribution is 8.15. The average molecular weight is 257 g/mol. The topological polar surface area (TPSA) is 71.0 Å². The van der Waals surface area contributed by atoms with E-state index in [1.165, 1.54) is 11.8 Å². The van der Waals surface area contributed by atoms with Crippen LogP contribution in [0.15, 0.2) is 4.99 Å². The number of thioether (sulfide) groups is 1. The summed E-state index contributed by atoms with van der Waals surface area (Å²) in [6.07, 6.45) is 0.389. The van der Waals surface area contributed by atoms with Crippen molar-refractivity contribution < 1.29 is 14.3 Å². The molecule has 0 unspecified atom stereocenters. The zero-order valence-electron chi connectivity index (χ0n) is 9.48. The van der Waals surface area contributed by atoms with Gasteiger partial charge in [0.25, 0.3) is 0 Å². The molecule has 2 aliphatic heterocycles. The normalized spacial score (nSPS) is 22.9. The number of ether oxygens (including phenoxy) is 1. The van der Waals surface area contributed by atoms with Gasteiger partial charge in [-0.15, -0.1) is 0 Å². The Balaban J connectivity index is 1.70. The number of carbonyl (C=O) groups excluding carboxylic acids is 2. The van der Waals surface area contributed by atoms with E-state index in [9.17, 15) is 9.59 Å². The lowest BCUT2D eigenvalue weighted by Gasteiger charge is -2.26. The molecule has 17 heavy (non-hydrogen) atoms. The van der Waals surface area contributed by atoms with E-state index in [1.54, 1.807) is 4.90 Å². The molecule has 0 spiro atoms. The summed E-state index contributed by atoms with van der Waals surface area (Å²) in [5, 5.41) is 3.27. The van der Waals surface area contributed by atoms with E-state index in [1.807, 2.05) is 0 Å². The zero-order valence-corrected chi connectivity index (χ0v) is 10.3. The molecule has 2 rings (SSSR count). The van der Waals surface area contributed by atoms with E-state index in [0.29, 0.717) is 50.2 Å². The first kappa shape index (κ1) is 12.4. The third kappa shape index (κ3) is 3.71. The number of nitrogens with one attached hydrogen (secondary N) is 1. The van der Waals surface area contributed by atoms with Crippen LogP contribution in [0, 0.1) is 0 Å². The van der Waals surface area contributed by atoms with Gasteiger partial charge in [0.15, 0.2) is 5.17 Å². The lowest BCUT2D eigenvalue weighted by Crippen LogP contribution is -2.40. The van der Waals surface area contributed by atoms with Crippen LogP contribution >= 0.6 is 11.8 Å². The maximum Gasteiger partial charge on any atom is 0.236 e. The van der Waals surface area contributed by atoms with Gasteiger partial charge in [-0.05, 0) is 0 Å². The monoisotopic (exact) mass is 257 g/mol. The Bertz CT molecular complexity index is 340. The molecule has 0 saturated carbocycles. The van der Waals surface area contributed by atoms with E-state index < -0.39 is 0 Å². The molecule has 0 aromatic rings. The van der Waals surface area contributed by atoms with Crippen molar-refractivity contribution in [3.8, 4) is 0 Å². The molecule has 2 aliphatic rings. The van der Waals surface area contributed by atoms with E-state index in [4.69, 9.17) is 4.74 Å². The molecule has 0 bridgehead atoms. The van der Waals surface area contributed by atoms with Crippen molar-refractivity contribution in [3.05, 3.63) is 0 Å². The molecule has 2 heterocycles. The van der Waals surface area contributed by atoms with Crippen LogP contribution in [0.3, 0.4) is 0 Å². The van der Waals surface area contributed by atoms with Gasteiger partial charge >= 0.3 is 0 Å². The van der Waals surface area contributed by atoms with Gasteiger partial charge in [-0.3, -0.25) is 14.6 Å². The van der Waals surface area contributed by atoms with Crippen LogP contribution in [0.1, 0.15) is 6.42 Å². The van der Waals surface area contributed by atoms with Gasteiger partial charge in [0, 0.05) is 19.5 Å². The fourth-order valence-electron chi connectivity index (χ4n) is 1.63. The van der Waals surface area contributed by atoms with Gasteiger partial charge in [0.1, 0.15) is 0 Å². The van der Waals surface area contributed by atoms with Crippen molar-refractivity contribution in [2.24, 2.45) is 4.99 Å². The quantitative estimate of drug-likeness (QED) is 0.737. The highest BCUT2D eigenvalue weighted by Crippen LogP contribution is 2.09. The molecule has 0 atom stereocenters. The van der Waals surface area contributed by atoms with Crippen molar-refractivity contribution >= 4 is 28.7 Å². The number of nitrogens with zero attached hydrogens (tertiary/aromatic N) is 2. The van der Waals surface area contributed by atoms with Crippen LogP contribution in [-0.4, -0.2) is 60.5 Å². The number of hydrogen-bond acceptors (Lipinski definition) is 5. The molecule has 7 heteroatoms. The van der Waals surface area contributed by atoms with Crippen molar-refractivity contribution in [2.75, 3.05) is 38.6 Å². The van der Waals surface area contributed by atoms with E-state index in [0.717, 1.165) is 0 Å². The van der Waals surface area contributed by atoms with Gasteiger partial charge < -0.3 is 15.0 Å². The minimum Gasteiger partial charge on any atom is -0.378 e. The van der Waals surface area contributed by atoms with Crippen LogP contribution in [0.2, 0.25) is 0 Å². The molecular formula is C10H15N3O3S. The molecule has 0 aromatic carbocycles. The molecule has 1 N–H and O–H groups in total. The second-order valence-corrected chi connectivity index (χ2v) is 4.73.